The molecule has 0 saturated heterocycles. The predicted molar refractivity (Wildman–Crippen MR) is 73.6 cm³/mol. The van der Waals surface area contributed by atoms with E-state index in [1.54, 1.807) is 12.3 Å². The first kappa shape index (κ1) is 11.4. The number of rotatable bonds is 2. The van der Waals surface area contributed by atoms with Gasteiger partial charge in [-0.3, -0.25) is 4.98 Å². The van der Waals surface area contributed by atoms with Gasteiger partial charge in [0.15, 0.2) is 0 Å². The summed E-state index contributed by atoms with van der Waals surface area (Å²) in [4.78, 5) is 16.0. The molecule has 0 aliphatic heterocycles. The van der Waals surface area contributed by atoms with E-state index in [1.165, 1.54) is 6.26 Å². The van der Waals surface area contributed by atoms with Crippen LogP contribution in [0.1, 0.15) is 0 Å². The molecule has 3 rings (SSSR count). The van der Waals surface area contributed by atoms with Gasteiger partial charge in [-0.2, -0.15) is 0 Å². The van der Waals surface area contributed by atoms with Crippen LogP contribution in [-0.4, -0.2) is 4.98 Å². The molecule has 0 amide bonds. The van der Waals surface area contributed by atoms with E-state index in [-0.39, 0.29) is 5.63 Å². The van der Waals surface area contributed by atoms with Crippen molar-refractivity contribution in [3.63, 3.8) is 0 Å². The van der Waals surface area contributed by atoms with Gasteiger partial charge >= 0.3 is 5.63 Å². The Morgan fingerprint density at radius 1 is 0.895 bits per heavy atom. The first-order valence-corrected chi connectivity index (χ1v) is 5.94. The minimum absolute atomic E-state index is 0.376. The molecule has 0 aliphatic carbocycles. The van der Waals surface area contributed by atoms with Crippen molar-refractivity contribution in [2.24, 2.45) is 0 Å². The molecule has 2 heterocycles. The summed E-state index contributed by atoms with van der Waals surface area (Å²) in [5, 5.41) is 0. The van der Waals surface area contributed by atoms with E-state index in [2.05, 4.69) is 4.98 Å². The average molecular weight is 249 g/mol. The number of hydrogen-bond donors (Lipinski definition) is 0. The Balaban J connectivity index is 2.15. The lowest BCUT2D eigenvalue weighted by atomic mass is 10.1. The Bertz CT molecular complexity index is 733. The van der Waals surface area contributed by atoms with Crippen LogP contribution >= 0.6 is 0 Å². The van der Waals surface area contributed by atoms with Crippen LogP contribution in [0.5, 0.6) is 0 Å². The minimum atomic E-state index is -0.376. The lowest BCUT2D eigenvalue weighted by Gasteiger charge is -2.03. The maximum absolute atomic E-state index is 11.8. The molecule has 19 heavy (non-hydrogen) atoms. The van der Waals surface area contributed by atoms with E-state index >= 15 is 0 Å². The van der Waals surface area contributed by atoms with Crippen molar-refractivity contribution in [3.8, 4) is 22.4 Å². The third kappa shape index (κ3) is 2.31. The van der Waals surface area contributed by atoms with Crippen LogP contribution in [0.15, 0.2) is 76.3 Å². The van der Waals surface area contributed by atoms with Crippen LogP contribution in [0.2, 0.25) is 0 Å². The zero-order valence-corrected chi connectivity index (χ0v) is 10.1. The monoisotopic (exact) mass is 249 g/mol. The lowest BCUT2D eigenvalue weighted by molar-refractivity contribution is 0.514. The van der Waals surface area contributed by atoms with Gasteiger partial charge in [-0.25, -0.2) is 4.79 Å². The van der Waals surface area contributed by atoms with E-state index in [4.69, 9.17) is 4.42 Å². The summed E-state index contributed by atoms with van der Waals surface area (Å²) in [7, 11) is 0. The average Bonchev–Trinajstić information content (AvgIpc) is 2.49. The summed E-state index contributed by atoms with van der Waals surface area (Å²) in [5.74, 6) is 0. The molecule has 2 aromatic heterocycles. The molecule has 0 spiro atoms. The summed E-state index contributed by atoms with van der Waals surface area (Å²) >= 11 is 0. The summed E-state index contributed by atoms with van der Waals surface area (Å²) < 4.78 is 5.10. The highest BCUT2D eigenvalue weighted by Gasteiger charge is 2.08. The number of nitrogens with zero attached hydrogens (tertiary/aromatic N) is 1. The molecule has 0 N–H and O–H groups in total. The molecule has 0 bridgehead atoms. The van der Waals surface area contributed by atoms with Gasteiger partial charge in [0.2, 0.25) is 0 Å². The molecule has 0 unspecified atom stereocenters. The first-order chi connectivity index (χ1) is 9.34. The Labute approximate surface area is 110 Å². The van der Waals surface area contributed by atoms with Crippen molar-refractivity contribution in [1.29, 1.82) is 0 Å². The number of aromatic nitrogens is 1. The molecule has 0 radical (unpaired) electrons. The van der Waals surface area contributed by atoms with Crippen molar-refractivity contribution in [3.05, 3.63) is 77.5 Å². The minimum Gasteiger partial charge on any atom is -0.430 e. The first-order valence-electron chi connectivity index (χ1n) is 5.94. The van der Waals surface area contributed by atoms with Crippen molar-refractivity contribution >= 4 is 0 Å². The lowest BCUT2D eigenvalue weighted by Crippen LogP contribution is -2.03. The molecule has 0 fully saturated rings. The Morgan fingerprint density at radius 3 is 2.42 bits per heavy atom. The molecular formula is C16H11NO2. The highest BCUT2D eigenvalue weighted by molar-refractivity contribution is 5.69. The zero-order valence-electron chi connectivity index (χ0n) is 10.1. The van der Waals surface area contributed by atoms with Crippen LogP contribution in [0.3, 0.4) is 0 Å². The quantitative estimate of drug-likeness (QED) is 0.699. The highest BCUT2D eigenvalue weighted by atomic mass is 16.4. The fourth-order valence-corrected chi connectivity index (χ4v) is 1.91. The topological polar surface area (TPSA) is 43.1 Å². The normalized spacial score (nSPS) is 10.3. The third-order valence-electron chi connectivity index (χ3n) is 2.86. The Kier molecular flexibility index (Phi) is 2.94. The number of pyridine rings is 1. The maximum Gasteiger partial charge on any atom is 0.345 e. The molecule has 1 aromatic carbocycles. The van der Waals surface area contributed by atoms with Crippen LogP contribution in [0.4, 0.5) is 0 Å². The molecule has 92 valence electrons. The highest BCUT2D eigenvalue weighted by Crippen LogP contribution is 2.22. The van der Waals surface area contributed by atoms with Crippen molar-refractivity contribution in [2.75, 3.05) is 0 Å². The third-order valence-corrected chi connectivity index (χ3v) is 2.86. The van der Waals surface area contributed by atoms with E-state index in [9.17, 15) is 4.79 Å². The van der Waals surface area contributed by atoms with Crippen molar-refractivity contribution in [2.45, 2.75) is 0 Å². The summed E-state index contributed by atoms with van der Waals surface area (Å²) in [6.45, 7) is 0. The largest absolute Gasteiger partial charge is 0.430 e. The number of hydrogen-bond acceptors (Lipinski definition) is 3. The van der Waals surface area contributed by atoms with Crippen LogP contribution in [-0.2, 0) is 0 Å². The zero-order chi connectivity index (χ0) is 13.1. The van der Waals surface area contributed by atoms with Crippen LogP contribution in [0.25, 0.3) is 22.4 Å². The predicted octanol–water partition coefficient (Wildman–Crippen LogP) is 3.37. The van der Waals surface area contributed by atoms with Crippen LogP contribution < -0.4 is 5.63 Å². The molecule has 0 atom stereocenters. The van der Waals surface area contributed by atoms with Gasteiger partial charge in [0.1, 0.15) is 6.26 Å². The molecule has 0 aliphatic rings. The number of benzene rings is 1. The smallest absolute Gasteiger partial charge is 0.345 e. The fraction of sp³-hybridized carbons (Fsp3) is 0. The van der Waals surface area contributed by atoms with Gasteiger partial charge in [0.05, 0.1) is 11.3 Å². The van der Waals surface area contributed by atoms with Gasteiger partial charge in [-0.05, 0) is 23.8 Å². The maximum atomic E-state index is 11.8. The van der Waals surface area contributed by atoms with E-state index in [1.807, 2.05) is 48.5 Å². The van der Waals surface area contributed by atoms with E-state index in [0.29, 0.717) is 11.3 Å². The fourth-order valence-electron chi connectivity index (χ4n) is 1.91. The van der Waals surface area contributed by atoms with E-state index < -0.39 is 0 Å². The second kappa shape index (κ2) is 4.90. The standard InChI is InChI=1S/C16H11NO2/c18-16-14(15-8-4-5-9-17-15)10-13(11-19-16)12-6-2-1-3-7-12/h1-11H. The SMILES string of the molecule is O=c1occ(-c2ccccc2)cc1-c1ccccn1. The van der Waals surface area contributed by atoms with E-state index in [0.717, 1.165) is 11.1 Å². The second-order valence-electron chi connectivity index (χ2n) is 4.12. The molecule has 3 nitrogen and oxygen atoms in total. The Hall–Kier alpha value is -2.68. The summed E-state index contributed by atoms with van der Waals surface area (Å²) in [6, 6.07) is 17.0. The molecule has 3 aromatic rings. The van der Waals surface area contributed by atoms with Gasteiger partial charge in [0, 0.05) is 11.8 Å². The van der Waals surface area contributed by atoms with Gasteiger partial charge in [-0.1, -0.05) is 36.4 Å². The van der Waals surface area contributed by atoms with Gasteiger partial charge in [-0.15, -0.1) is 0 Å². The van der Waals surface area contributed by atoms with Gasteiger partial charge < -0.3 is 4.42 Å². The van der Waals surface area contributed by atoms with Crippen LogP contribution in [0, 0.1) is 0 Å². The molecule has 3 heteroatoms. The second-order valence-corrected chi connectivity index (χ2v) is 4.12. The Morgan fingerprint density at radius 2 is 1.68 bits per heavy atom. The van der Waals surface area contributed by atoms with Gasteiger partial charge in [0.25, 0.3) is 0 Å². The summed E-state index contributed by atoms with van der Waals surface area (Å²) in [5.41, 5.74) is 2.58. The molecule has 0 saturated carbocycles. The summed E-state index contributed by atoms with van der Waals surface area (Å²) in [6.07, 6.45) is 3.13. The van der Waals surface area contributed by atoms with Crippen molar-refractivity contribution in [1.82, 2.24) is 4.98 Å². The molecular weight excluding hydrogens is 238 g/mol. The van der Waals surface area contributed by atoms with Crippen molar-refractivity contribution < 1.29 is 4.42 Å².